The fourth-order valence-corrected chi connectivity index (χ4v) is 2.12. The Morgan fingerprint density at radius 1 is 1.41 bits per heavy atom. The predicted molar refractivity (Wildman–Crippen MR) is 67.8 cm³/mol. The highest BCUT2D eigenvalue weighted by molar-refractivity contribution is 6.03. The molecule has 1 atom stereocenters. The Kier molecular flexibility index (Phi) is 2.37. The molecule has 0 fully saturated rings. The molecule has 0 aliphatic rings. The van der Waals surface area contributed by atoms with Gasteiger partial charge in [-0.05, 0) is 24.6 Å². The minimum atomic E-state index is 0.139. The zero-order valence-electron chi connectivity index (χ0n) is 9.76. The van der Waals surface area contributed by atoms with Crippen LogP contribution in [0.4, 0.5) is 0 Å². The highest BCUT2D eigenvalue weighted by atomic mass is 16.3. The van der Waals surface area contributed by atoms with Gasteiger partial charge in [0.25, 0.3) is 0 Å². The van der Waals surface area contributed by atoms with Crippen molar-refractivity contribution in [1.82, 2.24) is 9.78 Å². The molecule has 0 amide bonds. The fourth-order valence-electron chi connectivity index (χ4n) is 2.12. The van der Waals surface area contributed by atoms with E-state index in [1.807, 2.05) is 29.1 Å². The molecule has 0 aliphatic heterocycles. The molecule has 88 valence electrons. The molecule has 1 aromatic carbocycles. The lowest BCUT2D eigenvalue weighted by Crippen LogP contribution is -2.25. The number of aromatic nitrogens is 2. The smallest absolute Gasteiger partial charge is 0.136 e. The van der Waals surface area contributed by atoms with Crippen LogP contribution in [0.2, 0.25) is 0 Å². The van der Waals surface area contributed by atoms with Crippen molar-refractivity contribution in [1.29, 1.82) is 0 Å². The molecule has 2 heterocycles. The minimum absolute atomic E-state index is 0.139. The molecule has 2 N–H and O–H groups in total. The summed E-state index contributed by atoms with van der Waals surface area (Å²) in [5.74, 6) is 0. The van der Waals surface area contributed by atoms with Crippen LogP contribution in [-0.4, -0.2) is 15.8 Å². The first-order valence-corrected chi connectivity index (χ1v) is 5.87. The summed E-state index contributed by atoms with van der Waals surface area (Å²) in [5, 5.41) is 6.64. The lowest BCUT2D eigenvalue weighted by Gasteiger charge is -2.09. The van der Waals surface area contributed by atoms with Crippen LogP contribution < -0.4 is 5.73 Å². The molecule has 3 rings (SSSR count). The molecule has 0 bridgehead atoms. The van der Waals surface area contributed by atoms with Crippen LogP contribution in [0.25, 0.3) is 21.9 Å². The summed E-state index contributed by atoms with van der Waals surface area (Å²) < 4.78 is 7.38. The van der Waals surface area contributed by atoms with Crippen LogP contribution in [-0.2, 0) is 6.54 Å². The van der Waals surface area contributed by atoms with Gasteiger partial charge < -0.3 is 10.2 Å². The third kappa shape index (κ3) is 1.61. The molecular formula is C13H15N3O. The van der Waals surface area contributed by atoms with Crippen molar-refractivity contribution in [2.45, 2.75) is 25.9 Å². The van der Waals surface area contributed by atoms with Crippen LogP contribution in [0.15, 0.2) is 35.1 Å². The van der Waals surface area contributed by atoms with E-state index >= 15 is 0 Å². The molecule has 2 aromatic heterocycles. The van der Waals surface area contributed by atoms with Crippen LogP contribution in [0.1, 0.15) is 13.3 Å². The molecule has 0 saturated heterocycles. The normalized spacial score (nSPS) is 13.5. The van der Waals surface area contributed by atoms with Gasteiger partial charge in [0.15, 0.2) is 0 Å². The summed E-state index contributed by atoms with van der Waals surface area (Å²) >= 11 is 0. The maximum Gasteiger partial charge on any atom is 0.136 e. The van der Waals surface area contributed by atoms with Gasteiger partial charge in [0, 0.05) is 16.8 Å². The maximum absolute atomic E-state index is 5.99. The first-order valence-electron chi connectivity index (χ1n) is 5.87. The van der Waals surface area contributed by atoms with E-state index in [1.54, 1.807) is 6.26 Å². The quantitative estimate of drug-likeness (QED) is 0.750. The van der Waals surface area contributed by atoms with Gasteiger partial charge in [-0.2, -0.15) is 5.10 Å². The molecule has 0 saturated carbocycles. The lowest BCUT2D eigenvalue weighted by atomic mass is 10.2. The van der Waals surface area contributed by atoms with E-state index in [-0.39, 0.29) is 6.04 Å². The summed E-state index contributed by atoms with van der Waals surface area (Å²) in [7, 11) is 0. The third-order valence-corrected chi connectivity index (χ3v) is 3.16. The zero-order chi connectivity index (χ0) is 11.8. The van der Waals surface area contributed by atoms with Crippen molar-refractivity contribution in [3.8, 4) is 0 Å². The van der Waals surface area contributed by atoms with Crippen molar-refractivity contribution in [2.24, 2.45) is 5.73 Å². The summed E-state index contributed by atoms with van der Waals surface area (Å²) in [6.07, 6.45) is 4.54. The number of rotatable bonds is 3. The number of furan rings is 1. The van der Waals surface area contributed by atoms with Crippen molar-refractivity contribution in [2.75, 3.05) is 0 Å². The average molecular weight is 229 g/mol. The van der Waals surface area contributed by atoms with Crippen LogP contribution in [0.3, 0.4) is 0 Å². The molecule has 1 unspecified atom stereocenters. The largest absolute Gasteiger partial charge is 0.464 e. The molecule has 0 aliphatic carbocycles. The summed E-state index contributed by atoms with van der Waals surface area (Å²) in [4.78, 5) is 0. The van der Waals surface area contributed by atoms with Gasteiger partial charge in [-0.1, -0.05) is 6.92 Å². The Balaban J connectivity index is 2.21. The highest BCUT2D eigenvalue weighted by Crippen LogP contribution is 2.26. The molecule has 0 spiro atoms. The Bertz CT molecular complexity index is 653. The zero-order valence-corrected chi connectivity index (χ0v) is 9.76. The van der Waals surface area contributed by atoms with E-state index in [0.717, 1.165) is 34.8 Å². The number of benzene rings is 1. The van der Waals surface area contributed by atoms with Gasteiger partial charge >= 0.3 is 0 Å². The number of nitrogens with zero attached hydrogens (tertiary/aromatic N) is 2. The van der Waals surface area contributed by atoms with E-state index in [0.29, 0.717) is 0 Å². The molecular weight excluding hydrogens is 214 g/mol. The van der Waals surface area contributed by atoms with Gasteiger partial charge in [0.2, 0.25) is 0 Å². The summed E-state index contributed by atoms with van der Waals surface area (Å²) in [5.41, 5.74) is 7.99. The van der Waals surface area contributed by atoms with Gasteiger partial charge in [-0.25, -0.2) is 0 Å². The standard InChI is InChI=1S/C13H15N3O/c1-2-10(14)8-16-13-9(7-15-16)3-4-12-11(13)5-6-17-12/h3-7,10H,2,8,14H2,1H3. The second-order valence-electron chi connectivity index (χ2n) is 4.33. The van der Waals surface area contributed by atoms with E-state index in [1.165, 1.54) is 0 Å². The second-order valence-corrected chi connectivity index (χ2v) is 4.33. The van der Waals surface area contributed by atoms with Crippen LogP contribution >= 0.6 is 0 Å². The Hall–Kier alpha value is -1.81. The Morgan fingerprint density at radius 3 is 3.12 bits per heavy atom. The molecule has 3 aromatic rings. The number of hydrogen-bond donors (Lipinski definition) is 1. The topological polar surface area (TPSA) is 57.0 Å². The summed E-state index contributed by atoms with van der Waals surface area (Å²) in [6, 6.07) is 6.12. The highest BCUT2D eigenvalue weighted by Gasteiger charge is 2.10. The van der Waals surface area contributed by atoms with Gasteiger partial charge in [0.1, 0.15) is 5.58 Å². The SMILES string of the molecule is CCC(N)Cn1ncc2ccc3occc3c21. The minimum Gasteiger partial charge on any atom is -0.464 e. The first kappa shape index (κ1) is 10.4. The van der Waals surface area contributed by atoms with Crippen molar-refractivity contribution < 1.29 is 4.42 Å². The van der Waals surface area contributed by atoms with Gasteiger partial charge in [-0.15, -0.1) is 0 Å². The number of fused-ring (bicyclic) bond motifs is 3. The molecule has 0 radical (unpaired) electrons. The average Bonchev–Trinajstić information content (AvgIpc) is 2.94. The number of hydrogen-bond acceptors (Lipinski definition) is 3. The van der Waals surface area contributed by atoms with Gasteiger partial charge in [0.05, 0.1) is 24.5 Å². The fraction of sp³-hybridized carbons (Fsp3) is 0.308. The van der Waals surface area contributed by atoms with E-state index in [2.05, 4.69) is 12.0 Å². The Morgan fingerprint density at radius 2 is 2.29 bits per heavy atom. The predicted octanol–water partition coefficient (Wildman–Crippen LogP) is 2.52. The van der Waals surface area contributed by atoms with Gasteiger partial charge in [-0.3, -0.25) is 4.68 Å². The lowest BCUT2D eigenvalue weighted by molar-refractivity contribution is 0.512. The van der Waals surface area contributed by atoms with E-state index in [9.17, 15) is 0 Å². The van der Waals surface area contributed by atoms with Crippen LogP contribution in [0.5, 0.6) is 0 Å². The summed E-state index contributed by atoms with van der Waals surface area (Å²) in [6.45, 7) is 2.83. The molecule has 4 nitrogen and oxygen atoms in total. The Labute approximate surface area is 99.0 Å². The monoisotopic (exact) mass is 229 g/mol. The maximum atomic E-state index is 5.99. The van der Waals surface area contributed by atoms with E-state index < -0.39 is 0 Å². The second kappa shape index (κ2) is 3.89. The molecule has 4 heteroatoms. The van der Waals surface area contributed by atoms with Crippen molar-refractivity contribution >= 4 is 21.9 Å². The van der Waals surface area contributed by atoms with Crippen molar-refractivity contribution in [3.63, 3.8) is 0 Å². The molecule has 17 heavy (non-hydrogen) atoms. The van der Waals surface area contributed by atoms with E-state index in [4.69, 9.17) is 10.2 Å². The van der Waals surface area contributed by atoms with Crippen molar-refractivity contribution in [3.05, 3.63) is 30.7 Å². The number of nitrogens with two attached hydrogens (primary N) is 1. The third-order valence-electron chi connectivity index (χ3n) is 3.16. The van der Waals surface area contributed by atoms with Crippen LogP contribution in [0, 0.1) is 0 Å². The first-order chi connectivity index (χ1) is 8.29.